The van der Waals surface area contributed by atoms with Gasteiger partial charge in [0.05, 0.1) is 30.6 Å². The number of amides is 2. The predicted octanol–water partition coefficient (Wildman–Crippen LogP) is 6.08. The van der Waals surface area contributed by atoms with Gasteiger partial charge >= 0.3 is 12.2 Å². The molecule has 3 aromatic carbocycles. The molecule has 3 aromatic rings. The molecule has 0 radical (unpaired) electrons. The summed E-state index contributed by atoms with van der Waals surface area (Å²) >= 11 is 0. The fourth-order valence-electron chi connectivity index (χ4n) is 3.81. The molecule has 0 saturated carbocycles. The molecule has 1 aliphatic rings. The van der Waals surface area contributed by atoms with Crippen molar-refractivity contribution in [2.24, 2.45) is 5.16 Å². The van der Waals surface area contributed by atoms with Gasteiger partial charge in [0.1, 0.15) is 11.6 Å². The minimum absolute atomic E-state index is 0.0470. The lowest BCUT2D eigenvalue weighted by atomic mass is 10.0. The lowest BCUT2D eigenvalue weighted by Gasteiger charge is -2.26. The van der Waals surface area contributed by atoms with E-state index in [1.165, 1.54) is 36.3 Å². The first-order valence-corrected chi connectivity index (χ1v) is 11.1. The summed E-state index contributed by atoms with van der Waals surface area (Å²) in [5, 5.41) is 6.82. The summed E-state index contributed by atoms with van der Waals surface area (Å²) < 4.78 is 58.2. The zero-order valence-electron chi connectivity index (χ0n) is 19.3. The van der Waals surface area contributed by atoms with Gasteiger partial charge in [-0.15, -0.1) is 0 Å². The zero-order chi connectivity index (χ0) is 25.7. The first kappa shape index (κ1) is 25.0. The summed E-state index contributed by atoms with van der Waals surface area (Å²) in [6.07, 6.45) is -4.71. The number of alkyl halides is 3. The molecule has 188 valence electrons. The molecule has 36 heavy (non-hydrogen) atoms. The molecule has 0 fully saturated rings. The van der Waals surface area contributed by atoms with Crippen LogP contribution < -0.4 is 10.1 Å². The van der Waals surface area contributed by atoms with Gasteiger partial charge in [-0.1, -0.05) is 41.6 Å². The zero-order valence-corrected chi connectivity index (χ0v) is 19.3. The number of rotatable bonds is 7. The molecular weight excluding hydrogens is 478 g/mol. The maximum atomic E-state index is 13.3. The third-order valence-corrected chi connectivity index (χ3v) is 5.60. The Bertz CT molecular complexity index is 1250. The minimum Gasteiger partial charge on any atom is -0.495 e. The van der Waals surface area contributed by atoms with Crippen molar-refractivity contribution in [3.05, 3.63) is 95.3 Å². The van der Waals surface area contributed by atoms with Crippen LogP contribution in [0.15, 0.2) is 78.0 Å². The van der Waals surface area contributed by atoms with Crippen molar-refractivity contribution in [2.45, 2.75) is 25.2 Å². The molecule has 10 heteroatoms. The van der Waals surface area contributed by atoms with E-state index < -0.39 is 23.9 Å². The number of benzene rings is 3. The van der Waals surface area contributed by atoms with Crippen LogP contribution in [-0.4, -0.2) is 36.4 Å². The number of hydrogen-bond donors (Lipinski definition) is 1. The van der Waals surface area contributed by atoms with Crippen LogP contribution in [-0.2, 0) is 17.6 Å². The van der Waals surface area contributed by atoms with Gasteiger partial charge in [0, 0.05) is 13.0 Å². The minimum atomic E-state index is -4.51. The molecule has 0 aromatic heterocycles. The number of nitrogens with zero attached hydrogens (tertiary/aromatic N) is 2. The van der Waals surface area contributed by atoms with Crippen molar-refractivity contribution >= 4 is 17.4 Å². The highest BCUT2D eigenvalue weighted by atomic mass is 19.4. The van der Waals surface area contributed by atoms with E-state index in [-0.39, 0.29) is 18.9 Å². The van der Waals surface area contributed by atoms with Crippen LogP contribution in [0.3, 0.4) is 0 Å². The summed E-state index contributed by atoms with van der Waals surface area (Å²) in [7, 11) is 1.46. The van der Waals surface area contributed by atoms with Gasteiger partial charge in [-0.2, -0.15) is 13.2 Å². The van der Waals surface area contributed by atoms with Gasteiger partial charge in [-0.25, -0.2) is 9.18 Å². The molecule has 1 unspecified atom stereocenters. The van der Waals surface area contributed by atoms with Crippen molar-refractivity contribution < 1.29 is 31.9 Å². The summed E-state index contributed by atoms with van der Waals surface area (Å²) in [4.78, 5) is 20.1. The number of oxime groups is 1. The largest absolute Gasteiger partial charge is 0.495 e. The van der Waals surface area contributed by atoms with E-state index in [2.05, 4.69) is 10.5 Å². The number of carbonyl (C=O) groups is 1. The van der Waals surface area contributed by atoms with Crippen molar-refractivity contribution in [1.82, 2.24) is 4.90 Å². The van der Waals surface area contributed by atoms with Gasteiger partial charge < -0.3 is 19.8 Å². The first-order valence-electron chi connectivity index (χ1n) is 11.1. The van der Waals surface area contributed by atoms with E-state index in [9.17, 15) is 22.4 Å². The van der Waals surface area contributed by atoms with Crippen LogP contribution >= 0.6 is 0 Å². The summed E-state index contributed by atoms with van der Waals surface area (Å²) in [5.74, 6) is 0.0546. The lowest BCUT2D eigenvalue weighted by Crippen LogP contribution is -2.40. The van der Waals surface area contributed by atoms with Crippen molar-refractivity contribution in [3.8, 4) is 5.75 Å². The van der Waals surface area contributed by atoms with Gasteiger partial charge in [0.2, 0.25) is 0 Å². The van der Waals surface area contributed by atoms with Crippen molar-refractivity contribution in [3.63, 3.8) is 0 Å². The number of halogens is 4. The molecule has 4 rings (SSSR count). The van der Waals surface area contributed by atoms with Crippen LogP contribution in [0, 0.1) is 5.82 Å². The number of urea groups is 1. The molecule has 0 bridgehead atoms. The molecule has 0 spiro atoms. The van der Waals surface area contributed by atoms with Crippen molar-refractivity contribution in [1.29, 1.82) is 0 Å². The molecular formula is C26H23F4N3O3. The Labute approximate surface area is 205 Å². The second-order valence-electron chi connectivity index (χ2n) is 8.19. The number of anilines is 1. The van der Waals surface area contributed by atoms with E-state index in [1.807, 2.05) is 0 Å². The smallest absolute Gasteiger partial charge is 0.416 e. The number of carbonyl (C=O) groups excluding carboxylic acids is 1. The molecule has 1 atom stereocenters. The van der Waals surface area contributed by atoms with Crippen molar-refractivity contribution in [2.75, 3.05) is 19.0 Å². The molecule has 0 saturated heterocycles. The van der Waals surface area contributed by atoms with Crippen LogP contribution in [0.2, 0.25) is 0 Å². The average Bonchev–Trinajstić information content (AvgIpc) is 3.32. The highest BCUT2D eigenvalue weighted by Gasteiger charge is 2.31. The topological polar surface area (TPSA) is 63.2 Å². The van der Waals surface area contributed by atoms with E-state index in [4.69, 9.17) is 9.57 Å². The Morgan fingerprint density at radius 1 is 1.11 bits per heavy atom. The highest BCUT2D eigenvalue weighted by Crippen LogP contribution is 2.30. The Morgan fingerprint density at radius 3 is 2.58 bits per heavy atom. The molecule has 0 aliphatic carbocycles. The van der Waals surface area contributed by atoms with Crippen LogP contribution in [0.4, 0.5) is 28.0 Å². The third kappa shape index (κ3) is 6.12. The molecule has 1 aliphatic heterocycles. The Balaban J connectivity index is 1.53. The van der Waals surface area contributed by atoms with Crippen LogP contribution in [0.25, 0.3) is 0 Å². The standard InChI is InChI=1S/C26H23F4N3O3/c1-35-24-8-3-2-7-22(24)31-25(34)33(15-17-5-4-6-19(13-17)26(28,29)30)16-21-14-23(32-36-21)18-9-11-20(27)12-10-18/h2-13,21H,14-16H2,1H3,(H,31,34). The second kappa shape index (κ2) is 10.7. The Hall–Kier alpha value is -4.08. The van der Waals surface area contributed by atoms with Gasteiger partial charge in [0.15, 0.2) is 6.10 Å². The monoisotopic (exact) mass is 501 g/mol. The van der Waals surface area contributed by atoms with E-state index in [0.29, 0.717) is 34.7 Å². The second-order valence-corrected chi connectivity index (χ2v) is 8.19. The fraction of sp³-hybridized carbons (Fsp3) is 0.231. The van der Waals surface area contributed by atoms with Crippen LogP contribution in [0.1, 0.15) is 23.1 Å². The number of methoxy groups -OCH3 is 1. The third-order valence-electron chi connectivity index (χ3n) is 5.60. The molecule has 6 nitrogen and oxygen atoms in total. The van der Waals surface area contributed by atoms with E-state index in [0.717, 1.165) is 12.1 Å². The molecule has 2 amide bonds. The quantitative estimate of drug-likeness (QED) is 0.399. The summed E-state index contributed by atoms with van der Waals surface area (Å²) in [6.45, 7) is -0.0535. The van der Waals surface area contributed by atoms with E-state index in [1.54, 1.807) is 36.4 Å². The first-order chi connectivity index (χ1) is 17.2. The number of para-hydroxylation sites is 2. The maximum absolute atomic E-state index is 13.3. The van der Waals surface area contributed by atoms with Gasteiger partial charge in [-0.05, 0) is 47.5 Å². The normalized spacial score (nSPS) is 15.1. The number of ether oxygens (including phenoxy) is 1. The average molecular weight is 501 g/mol. The Morgan fingerprint density at radius 2 is 1.86 bits per heavy atom. The van der Waals surface area contributed by atoms with Gasteiger partial charge in [-0.3, -0.25) is 0 Å². The highest BCUT2D eigenvalue weighted by molar-refractivity contribution is 6.01. The van der Waals surface area contributed by atoms with E-state index >= 15 is 0 Å². The summed E-state index contributed by atoms with van der Waals surface area (Å²) in [6, 6.07) is 16.8. The van der Waals surface area contributed by atoms with Crippen LogP contribution in [0.5, 0.6) is 5.75 Å². The summed E-state index contributed by atoms with van der Waals surface area (Å²) in [5.41, 5.74) is 1.18. The fourth-order valence-corrected chi connectivity index (χ4v) is 3.81. The number of hydrogen-bond acceptors (Lipinski definition) is 4. The molecule has 1 N–H and O–H groups in total. The predicted molar refractivity (Wildman–Crippen MR) is 126 cm³/mol. The number of nitrogens with one attached hydrogen (secondary N) is 1. The Kier molecular flexibility index (Phi) is 7.42. The SMILES string of the molecule is COc1ccccc1NC(=O)N(Cc1cccc(C(F)(F)F)c1)CC1CC(c2ccc(F)cc2)=NO1. The van der Waals surface area contributed by atoms with Gasteiger partial charge in [0.25, 0.3) is 0 Å². The maximum Gasteiger partial charge on any atom is 0.416 e. The lowest BCUT2D eigenvalue weighted by molar-refractivity contribution is -0.137. The molecule has 1 heterocycles.